The summed E-state index contributed by atoms with van der Waals surface area (Å²) in [6.45, 7) is 19.5. The van der Waals surface area contributed by atoms with Crippen LogP contribution in [-0.2, 0) is 49.3 Å². The highest BCUT2D eigenvalue weighted by Gasteiger charge is 2.43. The van der Waals surface area contributed by atoms with Gasteiger partial charge in [0.25, 0.3) is 0 Å². The number of carbonyl (C=O) groups is 6. The van der Waals surface area contributed by atoms with Crippen LogP contribution in [0.2, 0.25) is 0 Å². The molecule has 0 radical (unpaired) electrons. The molecule has 2 heterocycles. The Morgan fingerprint density at radius 3 is 2.08 bits per heavy atom. The minimum atomic E-state index is -0.903. The molecule has 0 aromatic heterocycles. The van der Waals surface area contributed by atoms with Crippen molar-refractivity contribution in [3.05, 3.63) is 35.9 Å². The van der Waals surface area contributed by atoms with Crippen LogP contribution in [-0.4, -0.2) is 190 Å². The van der Waals surface area contributed by atoms with Crippen LogP contribution >= 0.6 is 0 Å². The van der Waals surface area contributed by atoms with E-state index in [1.54, 1.807) is 28.7 Å². The number of likely N-dealkylation sites (N-methyl/N-ethyl adjacent to an activating group) is 2. The van der Waals surface area contributed by atoms with E-state index in [4.69, 9.17) is 18.9 Å². The molecule has 3 rings (SSSR count). The van der Waals surface area contributed by atoms with Gasteiger partial charge in [0.05, 0.1) is 56.3 Å². The van der Waals surface area contributed by atoms with Crippen LogP contribution in [0.1, 0.15) is 86.6 Å². The number of nitrogens with one attached hydrogen (secondary N) is 2. The molecule has 0 bridgehead atoms. The molecule has 17 nitrogen and oxygen atoms in total. The number of benzene rings is 1. The Hall–Kier alpha value is -4.32. The molecule has 8 atom stereocenters. The third kappa shape index (κ3) is 16.2. The summed E-state index contributed by atoms with van der Waals surface area (Å²) in [7, 11) is 7.95. The molecule has 0 aliphatic carbocycles. The zero-order chi connectivity index (χ0) is 48.6. The van der Waals surface area contributed by atoms with Gasteiger partial charge in [-0.3, -0.25) is 29.0 Å². The molecule has 368 valence electrons. The Morgan fingerprint density at radius 1 is 0.877 bits per heavy atom. The number of ether oxygens (including phenoxy) is 4. The number of likely N-dealkylation sites (tertiary alicyclic amines) is 1. The topological polar surface area (TPSA) is 180 Å². The fourth-order valence-electron chi connectivity index (χ4n) is 9.14. The molecule has 1 aromatic rings. The molecule has 2 N–H and O–H groups in total. The van der Waals surface area contributed by atoms with Gasteiger partial charge >= 0.3 is 12.1 Å². The van der Waals surface area contributed by atoms with Crippen LogP contribution in [0.5, 0.6) is 0 Å². The van der Waals surface area contributed by atoms with Gasteiger partial charge in [0.2, 0.25) is 23.6 Å². The van der Waals surface area contributed by atoms with E-state index in [0.29, 0.717) is 58.5 Å². The number of methoxy groups -OCH3 is 3. The summed E-state index contributed by atoms with van der Waals surface area (Å²) in [5.74, 6) is -2.48. The summed E-state index contributed by atoms with van der Waals surface area (Å²) < 4.78 is 22.5. The van der Waals surface area contributed by atoms with Gasteiger partial charge in [-0.25, -0.2) is 9.59 Å². The lowest BCUT2D eigenvalue weighted by Crippen LogP contribution is -2.56. The zero-order valence-electron chi connectivity index (χ0n) is 41.6. The summed E-state index contributed by atoms with van der Waals surface area (Å²) >= 11 is 0. The predicted molar refractivity (Wildman–Crippen MR) is 249 cm³/mol. The van der Waals surface area contributed by atoms with Crippen molar-refractivity contribution in [2.24, 2.45) is 17.8 Å². The average Bonchev–Trinajstić information content (AvgIpc) is 3.76. The Kier molecular flexibility index (Phi) is 22.1. The molecule has 8 unspecified atom stereocenters. The molecule has 2 fully saturated rings. The van der Waals surface area contributed by atoms with Crippen LogP contribution in [0, 0.1) is 17.8 Å². The Bertz CT molecular complexity index is 1690. The lowest BCUT2D eigenvalue weighted by Gasteiger charge is -2.39. The normalized spacial score (nSPS) is 19.2. The van der Waals surface area contributed by atoms with Crippen molar-refractivity contribution in [1.82, 2.24) is 35.1 Å². The first-order chi connectivity index (χ1) is 30.7. The van der Waals surface area contributed by atoms with Crippen molar-refractivity contribution in [2.45, 2.75) is 129 Å². The van der Waals surface area contributed by atoms with Gasteiger partial charge in [0.1, 0.15) is 11.6 Å². The molecule has 2 aliphatic rings. The number of piperazine rings is 1. The van der Waals surface area contributed by atoms with Crippen molar-refractivity contribution in [3.63, 3.8) is 0 Å². The summed E-state index contributed by atoms with van der Waals surface area (Å²) in [6, 6.07) is 7.09. The van der Waals surface area contributed by atoms with Crippen molar-refractivity contribution < 1.29 is 47.7 Å². The van der Waals surface area contributed by atoms with Crippen molar-refractivity contribution >= 4 is 35.7 Å². The minimum absolute atomic E-state index is 0.0131. The van der Waals surface area contributed by atoms with E-state index < -0.39 is 53.9 Å². The average molecular weight is 916 g/mol. The number of rotatable bonds is 23. The number of esters is 1. The number of amides is 5. The molecule has 17 heteroatoms. The highest BCUT2D eigenvalue weighted by atomic mass is 16.6. The van der Waals surface area contributed by atoms with Gasteiger partial charge in [-0.1, -0.05) is 71.4 Å². The summed E-state index contributed by atoms with van der Waals surface area (Å²) in [5, 5.41) is 5.76. The monoisotopic (exact) mass is 916 g/mol. The Morgan fingerprint density at radius 2 is 1.52 bits per heavy atom. The summed E-state index contributed by atoms with van der Waals surface area (Å²) in [6.07, 6.45) is 0.662. The highest BCUT2D eigenvalue weighted by molar-refractivity contribution is 5.88. The summed E-state index contributed by atoms with van der Waals surface area (Å²) in [5.41, 5.74) is 0.320. The largest absolute Gasteiger partial charge is 0.467 e. The maximum Gasteiger partial charge on any atom is 0.410 e. The van der Waals surface area contributed by atoms with Gasteiger partial charge in [0.15, 0.2) is 0 Å². The molecular formula is C48H81N7O10. The lowest BCUT2D eigenvalue weighted by atomic mass is 9.90. The van der Waals surface area contributed by atoms with E-state index in [9.17, 15) is 28.8 Å². The van der Waals surface area contributed by atoms with E-state index in [1.807, 2.05) is 90.7 Å². The van der Waals surface area contributed by atoms with Crippen LogP contribution in [0.3, 0.4) is 0 Å². The zero-order valence-corrected chi connectivity index (χ0v) is 41.6. The SMILES string of the molecule is CCC(C)C(C(CC(=O)N1CCCC1C(OC)C(C)C(=O)NC(Cc1ccccc1)C(=O)OC)OC)N(C)C(=O)CNC(=O)C(C(C)C)N(C)CCN1CCN(C(=O)OC(C)(C)C)CC1. The predicted octanol–water partition coefficient (Wildman–Crippen LogP) is 3.43. The number of nitrogens with zero attached hydrogens (tertiary/aromatic N) is 5. The van der Waals surface area contributed by atoms with Gasteiger partial charge in [-0.05, 0) is 58.1 Å². The van der Waals surface area contributed by atoms with Crippen LogP contribution in [0.15, 0.2) is 30.3 Å². The summed E-state index contributed by atoms with van der Waals surface area (Å²) in [4.78, 5) is 90.2. The standard InChI is InChI=1S/C48H81N7O10/c1-14-33(4)42(52(10)40(57)31-49-45(59)41(32(2)3)51(9)23-24-53-25-27-54(28-26-53)47(61)65-48(6,7)8)38(62-11)30-39(56)55-22-18-21-37(55)43(63-12)34(5)44(58)50-36(46(60)64-13)29-35-19-16-15-17-20-35/h15-17,19-20,32-34,36-38,41-43H,14,18,21-31H2,1-13H3,(H,49,59)(H,50,58). The molecule has 65 heavy (non-hydrogen) atoms. The van der Waals surface area contributed by atoms with E-state index >= 15 is 0 Å². The Balaban J connectivity index is 1.62. The second kappa shape index (κ2) is 26.1. The van der Waals surface area contributed by atoms with Crippen LogP contribution in [0.25, 0.3) is 0 Å². The van der Waals surface area contributed by atoms with Crippen molar-refractivity contribution in [3.8, 4) is 0 Å². The first-order valence-electron chi connectivity index (χ1n) is 23.4. The molecule has 5 amide bonds. The first kappa shape index (κ1) is 55.0. The van der Waals surface area contributed by atoms with E-state index in [0.717, 1.165) is 12.1 Å². The van der Waals surface area contributed by atoms with Gasteiger partial charge in [0, 0.05) is 73.5 Å². The molecule has 0 spiro atoms. The van der Waals surface area contributed by atoms with Gasteiger partial charge in [-0.2, -0.15) is 0 Å². The Labute approximate surface area is 388 Å². The van der Waals surface area contributed by atoms with Gasteiger partial charge in [-0.15, -0.1) is 0 Å². The maximum absolute atomic E-state index is 14.3. The third-order valence-electron chi connectivity index (χ3n) is 13.0. The minimum Gasteiger partial charge on any atom is -0.467 e. The number of carbonyl (C=O) groups excluding carboxylic acids is 6. The maximum atomic E-state index is 14.3. The second-order valence-electron chi connectivity index (χ2n) is 19.1. The quantitative estimate of drug-likeness (QED) is 0.153. The van der Waals surface area contributed by atoms with E-state index in [-0.39, 0.29) is 60.9 Å². The van der Waals surface area contributed by atoms with E-state index in [1.165, 1.54) is 21.3 Å². The van der Waals surface area contributed by atoms with Crippen LogP contribution < -0.4 is 10.6 Å². The third-order valence-corrected chi connectivity index (χ3v) is 13.0. The second-order valence-corrected chi connectivity index (χ2v) is 19.1. The molecular weight excluding hydrogens is 835 g/mol. The molecule has 2 saturated heterocycles. The van der Waals surface area contributed by atoms with Crippen molar-refractivity contribution in [2.75, 3.05) is 87.8 Å². The van der Waals surface area contributed by atoms with Crippen molar-refractivity contribution in [1.29, 1.82) is 0 Å². The number of hydrogen-bond donors (Lipinski definition) is 2. The molecule has 0 saturated carbocycles. The molecule has 2 aliphatic heterocycles. The van der Waals surface area contributed by atoms with Crippen LogP contribution in [0.4, 0.5) is 4.79 Å². The molecule has 1 aromatic carbocycles. The van der Waals surface area contributed by atoms with Gasteiger partial charge < -0.3 is 44.3 Å². The smallest absolute Gasteiger partial charge is 0.410 e. The fourth-order valence-corrected chi connectivity index (χ4v) is 9.14. The first-order valence-corrected chi connectivity index (χ1v) is 23.4. The fraction of sp³-hybridized carbons (Fsp3) is 0.750. The number of hydrogen-bond acceptors (Lipinski definition) is 12. The lowest BCUT2D eigenvalue weighted by molar-refractivity contribution is -0.148. The van der Waals surface area contributed by atoms with E-state index in [2.05, 4.69) is 15.5 Å². The highest BCUT2D eigenvalue weighted by Crippen LogP contribution is 2.29.